The zero-order chi connectivity index (χ0) is 17.4. The molecule has 0 aliphatic carbocycles. The first kappa shape index (κ1) is 18.7. The van der Waals surface area contributed by atoms with Gasteiger partial charge in [-0.1, -0.05) is 0 Å². The van der Waals surface area contributed by atoms with Crippen LogP contribution in [0.2, 0.25) is 0 Å². The van der Waals surface area contributed by atoms with E-state index in [-0.39, 0.29) is 12.5 Å². The average molecular weight is 328 g/mol. The number of carboxylic acids is 1. The number of carbonyl (C=O) groups is 3. The van der Waals surface area contributed by atoms with E-state index in [1.165, 1.54) is 4.90 Å². The van der Waals surface area contributed by atoms with Crippen molar-refractivity contribution in [2.45, 2.75) is 37.8 Å². The summed E-state index contributed by atoms with van der Waals surface area (Å²) in [6, 6.07) is -1.59. The molecule has 1 rings (SSSR count). The third kappa shape index (κ3) is 6.10. The van der Waals surface area contributed by atoms with Crippen LogP contribution in [-0.2, 0) is 14.4 Å². The van der Waals surface area contributed by atoms with Crippen molar-refractivity contribution in [2.75, 3.05) is 19.6 Å². The van der Waals surface area contributed by atoms with E-state index in [2.05, 4.69) is 10.6 Å². The molecule has 0 spiro atoms. The first-order valence-corrected chi connectivity index (χ1v) is 7.46. The Bertz CT molecular complexity index is 469. The second kappa shape index (κ2) is 8.93. The Morgan fingerprint density at radius 1 is 1.35 bits per heavy atom. The van der Waals surface area contributed by atoms with Gasteiger partial charge in [-0.15, -0.1) is 0 Å². The van der Waals surface area contributed by atoms with E-state index in [9.17, 15) is 14.4 Å². The van der Waals surface area contributed by atoms with E-state index in [1.807, 2.05) is 0 Å². The number of likely N-dealkylation sites (tertiary alicyclic amines) is 1. The maximum absolute atomic E-state index is 12.0. The fourth-order valence-corrected chi connectivity index (χ4v) is 2.39. The summed E-state index contributed by atoms with van der Waals surface area (Å²) >= 11 is 0. The van der Waals surface area contributed by atoms with Gasteiger partial charge in [0.05, 0.1) is 12.6 Å². The lowest BCUT2D eigenvalue weighted by atomic mass is 10.1. The highest BCUT2D eigenvalue weighted by atomic mass is 16.4. The molecular weight excluding hydrogens is 304 g/mol. The molecule has 10 nitrogen and oxygen atoms in total. The normalized spacial score (nSPS) is 18.3. The van der Waals surface area contributed by atoms with E-state index in [0.717, 1.165) is 0 Å². The van der Waals surface area contributed by atoms with Gasteiger partial charge in [0, 0.05) is 13.1 Å². The van der Waals surface area contributed by atoms with E-state index in [1.54, 1.807) is 0 Å². The molecule has 1 saturated heterocycles. The van der Waals surface area contributed by atoms with Crippen molar-refractivity contribution in [3.8, 4) is 0 Å². The Balaban J connectivity index is 2.30. The Kier molecular flexibility index (Phi) is 7.26. The molecule has 0 saturated carbocycles. The summed E-state index contributed by atoms with van der Waals surface area (Å²) in [5.74, 6) is -2.06. The van der Waals surface area contributed by atoms with Gasteiger partial charge in [-0.25, -0.2) is 4.79 Å². The van der Waals surface area contributed by atoms with E-state index < -0.39 is 29.9 Å². The number of nitrogens with zero attached hydrogens (tertiary/aromatic N) is 1. The van der Waals surface area contributed by atoms with Gasteiger partial charge in [0.15, 0.2) is 5.96 Å². The molecule has 0 unspecified atom stereocenters. The van der Waals surface area contributed by atoms with Crippen LogP contribution in [0.1, 0.15) is 25.7 Å². The van der Waals surface area contributed by atoms with Crippen molar-refractivity contribution in [2.24, 2.45) is 11.5 Å². The molecule has 1 fully saturated rings. The van der Waals surface area contributed by atoms with Crippen molar-refractivity contribution in [3.05, 3.63) is 0 Å². The Hall–Kier alpha value is -2.36. The molecule has 10 heteroatoms. The molecule has 0 radical (unpaired) electrons. The van der Waals surface area contributed by atoms with Gasteiger partial charge in [0.1, 0.15) is 6.04 Å². The summed E-state index contributed by atoms with van der Waals surface area (Å²) in [5, 5.41) is 21.0. The molecule has 0 aromatic heterocycles. The average Bonchev–Trinajstić information content (AvgIpc) is 2.98. The van der Waals surface area contributed by atoms with Crippen LogP contribution in [0.15, 0.2) is 0 Å². The number of hydrogen-bond acceptors (Lipinski definition) is 5. The summed E-state index contributed by atoms with van der Waals surface area (Å²) in [5.41, 5.74) is 10.8. The van der Waals surface area contributed by atoms with Gasteiger partial charge in [-0.3, -0.25) is 15.0 Å². The predicted octanol–water partition coefficient (Wildman–Crippen LogP) is -2.23. The smallest absolute Gasteiger partial charge is 0.326 e. The van der Waals surface area contributed by atoms with E-state index in [4.69, 9.17) is 22.0 Å². The molecule has 0 aromatic rings. The zero-order valence-corrected chi connectivity index (χ0v) is 12.9. The van der Waals surface area contributed by atoms with Crippen LogP contribution in [0.5, 0.6) is 0 Å². The topological polar surface area (TPSA) is 175 Å². The molecule has 2 amide bonds. The van der Waals surface area contributed by atoms with Gasteiger partial charge in [-0.2, -0.15) is 0 Å². The number of nitrogens with one attached hydrogen (secondary N) is 3. The van der Waals surface area contributed by atoms with Crippen molar-refractivity contribution in [1.29, 1.82) is 5.41 Å². The number of carboxylic acid groups (broad SMARTS) is 1. The predicted molar refractivity (Wildman–Crippen MR) is 82.5 cm³/mol. The fourth-order valence-electron chi connectivity index (χ4n) is 2.39. The number of rotatable bonds is 8. The summed E-state index contributed by atoms with van der Waals surface area (Å²) in [6.45, 7) is 0.555. The third-order valence-electron chi connectivity index (χ3n) is 3.62. The van der Waals surface area contributed by atoms with Crippen molar-refractivity contribution >= 4 is 23.7 Å². The molecule has 8 N–H and O–H groups in total. The second-order valence-electron chi connectivity index (χ2n) is 5.39. The third-order valence-corrected chi connectivity index (χ3v) is 3.62. The Morgan fingerprint density at radius 2 is 2.04 bits per heavy atom. The SMILES string of the molecule is N=C(N)NCCC[C@H](N)C(=O)NCC(=O)N1CCC[C@H]1C(=O)O. The number of hydrogen-bond donors (Lipinski definition) is 6. The van der Waals surface area contributed by atoms with Crippen molar-refractivity contribution < 1.29 is 19.5 Å². The quantitative estimate of drug-likeness (QED) is 0.166. The maximum Gasteiger partial charge on any atom is 0.326 e. The molecule has 1 heterocycles. The number of aliphatic carboxylic acids is 1. The highest BCUT2D eigenvalue weighted by molar-refractivity contribution is 5.89. The minimum Gasteiger partial charge on any atom is -0.480 e. The number of amides is 2. The zero-order valence-electron chi connectivity index (χ0n) is 12.9. The summed E-state index contributed by atoms with van der Waals surface area (Å²) in [6.07, 6.45) is 1.99. The second-order valence-corrected chi connectivity index (χ2v) is 5.39. The maximum atomic E-state index is 12.0. The van der Waals surface area contributed by atoms with E-state index >= 15 is 0 Å². The van der Waals surface area contributed by atoms with Gasteiger partial charge < -0.3 is 32.1 Å². The van der Waals surface area contributed by atoms with Crippen molar-refractivity contribution in [1.82, 2.24) is 15.5 Å². The molecule has 23 heavy (non-hydrogen) atoms. The molecule has 0 aromatic carbocycles. The van der Waals surface area contributed by atoms with Crippen LogP contribution in [-0.4, -0.2) is 65.5 Å². The first-order valence-electron chi connectivity index (χ1n) is 7.46. The highest BCUT2D eigenvalue weighted by Gasteiger charge is 2.33. The summed E-state index contributed by atoms with van der Waals surface area (Å²) in [4.78, 5) is 36.1. The minimum atomic E-state index is -1.03. The number of carbonyl (C=O) groups excluding carboxylic acids is 2. The van der Waals surface area contributed by atoms with Crippen LogP contribution >= 0.6 is 0 Å². The molecular formula is C13H24N6O4. The van der Waals surface area contributed by atoms with E-state index in [0.29, 0.717) is 38.8 Å². The molecule has 0 bridgehead atoms. The number of guanidine groups is 1. The highest BCUT2D eigenvalue weighted by Crippen LogP contribution is 2.17. The lowest BCUT2D eigenvalue weighted by Gasteiger charge is -2.22. The van der Waals surface area contributed by atoms with Crippen LogP contribution in [0.25, 0.3) is 0 Å². The summed E-state index contributed by atoms with van der Waals surface area (Å²) in [7, 11) is 0. The summed E-state index contributed by atoms with van der Waals surface area (Å²) < 4.78 is 0. The monoisotopic (exact) mass is 328 g/mol. The molecule has 1 aliphatic rings. The lowest BCUT2D eigenvalue weighted by Crippen LogP contribution is -2.48. The van der Waals surface area contributed by atoms with Crippen LogP contribution in [0, 0.1) is 5.41 Å². The fraction of sp³-hybridized carbons (Fsp3) is 0.692. The Labute approximate surface area is 134 Å². The van der Waals surface area contributed by atoms with Crippen LogP contribution in [0.3, 0.4) is 0 Å². The van der Waals surface area contributed by atoms with Crippen LogP contribution in [0.4, 0.5) is 0 Å². The minimum absolute atomic E-state index is 0.146. The van der Waals surface area contributed by atoms with Gasteiger partial charge in [-0.05, 0) is 25.7 Å². The largest absolute Gasteiger partial charge is 0.480 e. The van der Waals surface area contributed by atoms with Crippen molar-refractivity contribution in [3.63, 3.8) is 0 Å². The molecule has 1 aliphatic heterocycles. The van der Waals surface area contributed by atoms with Crippen LogP contribution < -0.4 is 22.1 Å². The lowest BCUT2D eigenvalue weighted by molar-refractivity contribution is -0.148. The molecule has 130 valence electrons. The standard InChI is InChI=1S/C13H24N6O4/c14-8(3-1-5-17-13(15)16)11(21)18-7-10(20)19-6-2-4-9(19)12(22)23/h8-9H,1-7,14H2,(H,18,21)(H,22,23)(H4,15,16,17)/t8-,9-/m0/s1. The first-order chi connectivity index (χ1) is 10.8. The van der Waals surface area contributed by atoms with Gasteiger partial charge in [0.25, 0.3) is 0 Å². The molecule has 2 atom stereocenters. The van der Waals surface area contributed by atoms with Gasteiger partial charge >= 0.3 is 5.97 Å². The number of nitrogens with two attached hydrogens (primary N) is 2. The van der Waals surface area contributed by atoms with Gasteiger partial charge in [0.2, 0.25) is 11.8 Å². The Morgan fingerprint density at radius 3 is 2.65 bits per heavy atom.